The minimum absolute atomic E-state index is 0.0171. The molecule has 2 heterocycles. The van der Waals surface area contributed by atoms with E-state index in [1.165, 1.54) is 0 Å². The summed E-state index contributed by atoms with van der Waals surface area (Å²) in [7, 11) is 0. The third-order valence-corrected chi connectivity index (χ3v) is 2.85. The van der Waals surface area contributed by atoms with Crippen molar-refractivity contribution in [1.29, 1.82) is 0 Å². The van der Waals surface area contributed by atoms with E-state index in [1.807, 2.05) is 6.92 Å². The number of aromatic hydroxyl groups is 1. The number of pyridine rings is 1. The molecule has 1 atom stereocenters. The van der Waals surface area contributed by atoms with Gasteiger partial charge in [0.25, 0.3) is 0 Å². The van der Waals surface area contributed by atoms with Crippen LogP contribution in [0.5, 0.6) is 5.75 Å². The monoisotopic (exact) mass is 213 g/mol. The fourth-order valence-corrected chi connectivity index (χ4v) is 2.16. The number of fused-ring (bicyclic) bond motifs is 1. The lowest BCUT2D eigenvalue weighted by molar-refractivity contribution is 0.0631. The van der Waals surface area contributed by atoms with Crippen molar-refractivity contribution in [2.24, 2.45) is 0 Å². The predicted molar refractivity (Wildman–Crippen MR) is 53.5 cm³/mol. The summed E-state index contributed by atoms with van der Waals surface area (Å²) in [5.74, 6) is 0.223. The smallest absolute Gasteiger partial charge is 0.142 e. The van der Waals surface area contributed by atoms with Crippen molar-refractivity contribution in [1.82, 2.24) is 4.98 Å². The molecule has 0 spiro atoms. The molecule has 0 saturated carbocycles. The van der Waals surface area contributed by atoms with Crippen LogP contribution in [-0.4, -0.2) is 10.1 Å². The second-order valence-electron chi connectivity index (χ2n) is 3.44. The Balaban J connectivity index is 2.61. The Bertz CT molecular complexity index is 379. The van der Waals surface area contributed by atoms with Crippen molar-refractivity contribution in [3.05, 3.63) is 22.0 Å². The number of nitrogens with zero attached hydrogens (tertiary/aromatic N) is 1. The van der Waals surface area contributed by atoms with Crippen LogP contribution in [0.1, 0.15) is 36.3 Å². The first-order valence-corrected chi connectivity index (χ1v) is 5.02. The second-order valence-corrected chi connectivity index (χ2v) is 3.79. The van der Waals surface area contributed by atoms with Crippen molar-refractivity contribution in [3.63, 3.8) is 0 Å². The van der Waals surface area contributed by atoms with Crippen LogP contribution in [0, 0.1) is 6.92 Å². The van der Waals surface area contributed by atoms with Crippen LogP contribution in [-0.2, 0) is 11.3 Å². The third-order valence-electron chi connectivity index (χ3n) is 2.56. The van der Waals surface area contributed by atoms with Crippen LogP contribution in [0.4, 0.5) is 0 Å². The van der Waals surface area contributed by atoms with Gasteiger partial charge in [0.2, 0.25) is 0 Å². The van der Waals surface area contributed by atoms with Gasteiger partial charge in [0.1, 0.15) is 10.9 Å². The Morgan fingerprint density at radius 3 is 3.00 bits per heavy atom. The molecule has 0 amide bonds. The van der Waals surface area contributed by atoms with E-state index in [1.54, 1.807) is 6.92 Å². The number of aryl methyl sites for hydroxylation is 1. The van der Waals surface area contributed by atoms with Gasteiger partial charge in [-0.05, 0) is 13.3 Å². The number of hydrogen-bond donors (Lipinski definition) is 1. The fourth-order valence-electron chi connectivity index (χ4n) is 1.79. The molecule has 1 aromatic heterocycles. The molecule has 14 heavy (non-hydrogen) atoms. The summed E-state index contributed by atoms with van der Waals surface area (Å²) in [5, 5.41) is 10.2. The molecule has 0 bridgehead atoms. The summed E-state index contributed by atoms with van der Waals surface area (Å²) >= 11 is 6.02. The van der Waals surface area contributed by atoms with E-state index in [0.29, 0.717) is 17.5 Å². The quantitative estimate of drug-likeness (QED) is 0.730. The van der Waals surface area contributed by atoms with E-state index in [2.05, 4.69) is 4.98 Å². The van der Waals surface area contributed by atoms with Crippen LogP contribution in [0.25, 0.3) is 0 Å². The highest BCUT2D eigenvalue weighted by atomic mass is 35.5. The highest BCUT2D eigenvalue weighted by molar-refractivity contribution is 6.30. The summed E-state index contributed by atoms with van der Waals surface area (Å²) in [4.78, 5) is 4.08. The maximum absolute atomic E-state index is 9.75. The lowest BCUT2D eigenvalue weighted by atomic mass is 10.0. The third kappa shape index (κ3) is 1.28. The van der Waals surface area contributed by atoms with Crippen LogP contribution in [0.2, 0.25) is 5.15 Å². The van der Waals surface area contributed by atoms with Gasteiger partial charge in [-0.15, -0.1) is 0 Å². The molecule has 1 aromatic rings. The molecule has 4 heteroatoms. The van der Waals surface area contributed by atoms with Crippen LogP contribution in [0.15, 0.2) is 0 Å². The molecule has 1 N–H and O–H groups in total. The molecule has 1 aliphatic heterocycles. The van der Waals surface area contributed by atoms with E-state index >= 15 is 0 Å². The first-order chi connectivity index (χ1) is 6.65. The first kappa shape index (κ1) is 9.74. The molecule has 3 nitrogen and oxygen atoms in total. The number of rotatable bonds is 1. The topological polar surface area (TPSA) is 42.4 Å². The summed E-state index contributed by atoms with van der Waals surface area (Å²) < 4.78 is 5.50. The zero-order chi connectivity index (χ0) is 10.3. The van der Waals surface area contributed by atoms with Gasteiger partial charge in [-0.2, -0.15) is 0 Å². The highest BCUT2D eigenvalue weighted by Gasteiger charge is 2.29. The highest BCUT2D eigenvalue weighted by Crippen LogP contribution is 2.41. The van der Waals surface area contributed by atoms with Gasteiger partial charge in [-0.1, -0.05) is 18.5 Å². The van der Waals surface area contributed by atoms with E-state index in [0.717, 1.165) is 17.5 Å². The summed E-state index contributed by atoms with van der Waals surface area (Å²) in [6.07, 6.45) is 0.827. The molecule has 0 fully saturated rings. The molecular weight excluding hydrogens is 202 g/mol. The van der Waals surface area contributed by atoms with Gasteiger partial charge < -0.3 is 9.84 Å². The minimum Gasteiger partial charge on any atom is -0.506 e. The van der Waals surface area contributed by atoms with Crippen molar-refractivity contribution < 1.29 is 9.84 Å². The summed E-state index contributed by atoms with van der Waals surface area (Å²) in [6, 6.07) is 0. The molecule has 1 aliphatic rings. The Labute approximate surface area is 87.7 Å². The molecular formula is C10H12ClNO2. The van der Waals surface area contributed by atoms with Gasteiger partial charge in [0.15, 0.2) is 0 Å². The number of ether oxygens (including phenoxy) is 1. The Morgan fingerprint density at radius 1 is 1.64 bits per heavy atom. The Kier molecular flexibility index (Phi) is 2.37. The second kappa shape index (κ2) is 3.41. The number of aromatic nitrogens is 1. The predicted octanol–water partition coefficient (Wildman–Crippen LogP) is 2.73. The maximum Gasteiger partial charge on any atom is 0.142 e. The van der Waals surface area contributed by atoms with Gasteiger partial charge in [-0.25, -0.2) is 4.98 Å². The number of halogens is 1. The van der Waals surface area contributed by atoms with E-state index in [9.17, 15) is 5.11 Å². The van der Waals surface area contributed by atoms with Crippen molar-refractivity contribution in [2.45, 2.75) is 33.0 Å². The standard InChI is InChI=1S/C10H12ClNO2/c1-3-7-8-6(4-14-7)9(13)5(2)12-10(8)11/h7,13H,3-4H2,1-2H3. The number of hydrogen-bond acceptors (Lipinski definition) is 3. The average Bonchev–Trinajstić information content (AvgIpc) is 2.58. The Morgan fingerprint density at radius 2 is 2.36 bits per heavy atom. The van der Waals surface area contributed by atoms with E-state index in [4.69, 9.17) is 16.3 Å². The molecule has 76 valence electrons. The van der Waals surface area contributed by atoms with Crippen molar-refractivity contribution in [3.8, 4) is 5.75 Å². The van der Waals surface area contributed by atoms with E-state index in [-0.39, 0.29) is 11.9 Å². The molecule has 0 aliphatic carbocycles. The van der Waals surface area contributed by atoms with Gasteiger partial charge in [-0.3, -0.25) is 0 Å². The van der Waals surface area contributed by atoms with Crippen molar-refractivity contribution in [2.75, 3.05) is 0 Å². The van der Waals surface area contributed by atoms with Crippen LogP contribution < -0.4 is 0 Å². The molecule has 0 aromatic carbocycles. The SMILES string of the molecule is CCC1OCc2c(O)c(C)nc(Cl)c21. The normalized spacial score (nSPS) is 19.8. The largest absolute Gasteiger partial charge is 0.506 e. The summed E-state index contributed by atoms with van der Waals surface area (Å²) in [5.41, 5.74) is 2.22. The molecule has 2 rings (SSSR count). The van der Waals surface area contributed by atoms with Gasteiger partial charge >= 0.3 is 0 Å². The van der Waals surface area contributed by atoms with Gasteiger partial charge in [0.05, 0.1) is 18.4 Å². The minimum atomic E-state index is -0.0171. The lowest BCUT2D eigenvalue weighted by Crippen LogP contribution is -1.97. The van der Waals surface area contributed by atoms with E-state index < -0.39 is 0 Å². The zero-order valence-corrected chi connectivity index (χ0v) is 8.93. The fraction of sp³-hybridized carbons (Fsp3) is 0.500. The molecule has 0 radical (unpaired) electrons. The molecule has 0 saturated heterocycles. The zero-order valence-electron chi connectivity index (χ0n) is 8.17. The van der Waals surface area contributed by atoms with Gasteiger partial charge in [0, 0.05) is 11.1 Å². The Hall–Kier alpha value is -0.800. The average molecular weight is 214 g/mol. The molecule has 1 unspecified atom stereocenters. The first-order valence-electron chi connectivity index (χ1n) is 4.64. The van der Waals surface area contributed by atoms with Crippen LogP contribution >= 0.6 is 11.6 Å². The van der Waals surface area contributed by atoms with Crippen molar-refractivity contribution >= 4 is 11.6 Å². The maximum atomic E-state index is 9.75. The lowest BCUT2D eigenvalue weighted by Gasteiger charge is -2.10. The summed E-state index contributed by atoms with van der Waals surface area (Å²) in [6.45, 7) is 4.19. The van der Waals surface area contributed by atoms with Crippen LogP contribution in [0.3, 0.4) is 0 Å².